The normalized spacial score (nSPS) is 23.4. The van der Waals surface area contributed by atoms with Crippen molar-refractivity contribution >= 4 is 11.7 Å². The molecule has 1 saturated carbocycles. The van der Waals surface area contributed by atoms with E-state index in [1.165, 1.54) is 6.20 Å². The number of carbonyl (C=O) groups is 1. The molecule has 1 fully saturated rings. The van der Waals surface area contributed by atoms with Crippen molar-refractivity contribution in [2.75, 3.05) is 0 Å². The molecule has 1 aromatic heterocycles. The van der Waals surface area contributed by atoms with Crippen LogP contribution in [0.25, 0.3) is 0 Å². The molecule has 4 N–H and O–H groups in total. The highest BCUT2D eigenvalue weighted by atomic mass is 16.4. The fraction of sp³-hybridized carbons (Fsp3) is 0.500. The molecule has 1 aliphatic carbocycles. The van der Waals surface area contributed by atoms with E-state index < -0.39 is 0 Å². The summed E-state index contributed by atoms with van der Waals surface area (Å²) >= 11 is 0. The lowest BCUT2D eigenvalue weighted by molar-refractivity contribution is 0.0918. The Morgan fingerprint density at radius 3 is 2.65 bits per heavy atom. The molecule has 0 spiro atoms. The van der Waals surface area contributed by atoms with Crippen LogP contribution in [-0.4, -0.2) is 28.0 Å². The molecule has 1 aromatic rings. The van der Waals surface area contributed by atoms with E-state index in [4.69, 9.17) is 10.9 Å². The average molecular weight is 276 g/mol. The van der Waals surface area contributed by atoms with Crippen LogP contribution in [0.4, 0.5) is 0 Å². The predicted octanol–water partition coefficient (Wildman–Crippen LogP) is 1.48. The van der Waals surface area contributed by atoms with Gasteiger partial charge in [0.25, 0.3) is 5.91 Å². The van der Waals surface area contributed by atoms with Gasteiger partial charge < -0.3 is 16.3 Å². The van der Waals surface area contributed by atoms with Crippen LogP contribution in [0.15, 0.2) is 23.5 Å². The maximum absolute atomic E-state index is 12.1. The number of hydrogen-bond donors (Lipinski definition) is 3. The zero-order valence-corrected chi connectivity index (χ0v) is 11.5. The van der Waals surface area contributed by atoms with Gasteiger partial charge in [-0.1, -0.05) is 12.1 Å². The van der Waals surface area contributed by atoms with E-state index in [1.807, 2.05) is 0 Å². The summed E-state index contributed by atoms with van der Waals surface area (Å²) in [6, 6.07) is 3.43. The monoisotopic (exact) mass is 276 g/mol. The van der Waals surface area contributed by atoms with Gasteiger partial charge in [-0.3, -0.25) is 9.78 Å². The Labute approximate surface area is 118 Å². The van der Waals surface area contributed by atoms with Gasteiger partial charge in [-0.05, 0) is 43.7 Å². The molecule has 6 nitrogen and oxygen atoms in total. The lowest BCUT2D eigenvalue weighted by Gasteiger charge is -2.26. The Balaban J connectivity index is 1.95. The van der Waals surface area contributed by atoms with Crippen molar-refractivity contribution in [2.24, 2.45) is 16.8 Å². The third kappa shape index (κ3) is 3.46. The maximum atomic E-state index is 12.1. The van der Waals surface area contributed by atoms with Gasteiger partial charge >= 0.3 is 0 Å². The summed E-state index contributed by atoms with van der Waals surface area (Å²) in [5.74, 6) is 0.558. The van der Waals surface area contributed by atoms with Crippen molar-refractivity contribution in [3.63, 3.8) is 0 Å². The summed E-state index contributed by atoms with van der Waals surface area (Å²) in [5.41, 5.74) is 6.27. The van der Waals surface area contributed by atoms with Crippen LogP contribution >= 0.6 is 0 Å². The van der Waals surface area contributed by atoms with Crippen LogP contribution in [0.5, 0.6) is 0 Å². The van der Waals surface area contributed by atoms with Crippen LogP contribution < -0.4 is 11.1 Å². The number of oxime groups is 1. The lowest BCUT2D eigenvalue weighted by atomic mass is 9.87. The molecule has 1 amide bonds. The molecule has 6 heteroatoms. The lowest BCUT2D eigenvalue weighted by Crippen LogP contribution is -2.37. The summed E-state index contributed by atoms with van der Waals surface area (Å²) in [4.78, 5) is 16.1. The third-order valence-electron chi connectivity index (χ3n) is 3.75. The first-order valence-corrected chi connectivity index (χ1v) is 6.85. The first-order chi connectivity index (χ1) is 9.60. The molecule has 0 aliphatic heterocycles. The number of nitrogens with two attached hydrogens (primary N) is 1. The molecule has 0 aromatic carbocycles. The van der Waals surface area contributed by atoms with Crippen LogP contribution in [0.2, 0.25) is 0 Å². The van der Waals surface area contributed by atoms with Gasteiger partial charge in [0.1, 0.15) is 5.69 Å². The molecule has 108 valence electrons. The number of rotatable bonds is 3. The molecule has 0 unspecified atom stereocenters. The number of hydrogen-bond acceptors (Lipinski definition) is 4. The fourth-order valence-corrected chi connectivity index (χ4v) is 2.40. The van der Waals surface area contributed by atoms with E-state index in [9.17, 15) is 4.79 Å². The van der Waals surface area contributed by atoms with Crippen LogP contribution in [0, 0.1) is 5.92 Å². The first-order valence-electron chi connectivity index (χ1n) is 6.85. The quantitative estimate of drug-likeness (QED) is 0.337. The summed E-state index contributed by atoms with van der Waals surface area (Å²) in [7, 11) is 0. The Morgan fingerprint density at radius 2 is 2.10 bits per heavy atom. The van der Waals surface area contributed by atoms with Gasteiger partial charge in [0.2, 0.25) is 0 Å². The molecule has 0 bridgehead atoms. The molecule has 1 heterocycles. The molecule has 1 aliphatic rings. The van der Waals surface area contributed by atoms with E-state index in [0.29, 0.717) is 11.3 Å². The van der Waals surface area contributed by atoms with Crippen molar-refractivity contribution < 1.29 is 10.0 Å². The van der Waals surface area contributed by atoms with E-state index in [1.54, 1.807) is 12.1 Å². The zero-order chi connectivity index (χ0) is 14.5. The van der Waals surface area contributed by atoms with E-state index in [2.05, 4.69) is 22.4 Å². The Morgan fingerprint density at radius 1 is 1.40 bits per heavy atom. The second-order valence-electron chi connectivity index (χ2n) is 5.35. The van der Waals surface area contributed by atoms with Gasteiger partial charge in [0, 0.05) is 17.8 Å². The molecular weight excluding hydrogens is 256 g/mol. The Hall–Kier alpha value is -2.11. The van der Waals surface area contributed by atoms with Crippen molar-refractivity contribution in [3.05, 3.63) is 29.6 Å². The van der Waals surface area contributed by atoms with Gasteiger partial charge in [-0.25, -0.2) is 0 Å². The average Bonchev–Trinajstić information content (AvgIpc) is 2.49. The number of aromatic nitrogens is 1. The molecule has 0 saturated heterocycles. The number of carbonyl (C=O) groups excluding carboxylic acids is 1. The standard InChI is InChI=1S/C14H20N4O2/c1-9-2-5-11(6-3-9)17-14(19)12-7-4-10(8-16-12)13(15)18-20/h4,7-9,11,20H,2-3,5-6H2,1H3,(H2,15,18)(H,17,19). The summed E-state index contributed by atoms with van der Waals surface area (Å²) in [5, 5.41) is 14.5. The molecule has 20 heavy (non-hydrogen) atoms. The van der Waals surface area contributed by atoms with Crippen molar-refractivity contribution in [2.45, 2.75) is 38.6 Å². The number of amides is 1. The summed E-state index contributed by atoms with van der Waals surface area (Å²) in [6.07, 6.45) is 5.78. The minimum absolute atomic E-state index is 0.0225. The van der Waals surface area contributed by atoms with Gasteiger partial charge in [-0.15, -0.1) is 0 Å². The van der Waals surface area contributed by atoms with Gasteiger partial charge in [0.05, 0.1) is 0 Å². The molecule has 2 rings (SSSR count). The van der Waals surface area contributed by atoms with Crippen LogP contribution in [0.1, 0.15) is 48.7 Å². The Kier molecular flexibility index (Phi) is 4.55. The number of amidine groups is 1. The van der Waals surface area contributed by atoms with Gasteiger partial charge in [-0.2, -0.15) is 0 Å². The highest BCUT2D eigenvalue weighted by Crippen LogP contribution is 2.23. The van der Waals surface area contributed by atoms with E-state index in [0.717, 1.165) is 31.6 Å². The SMILES string of the molecule is CC1CCC(NC(=O)c2ccc(/C(N)=N/O)cn2)CC1. The summed E-state index contributed by atoms with van der Waals surface area (Å²) < 4.78 is 0. The predicted molar refractivity (Wildman–Crippen MR) is 75.6 cm³/mol. The van der Waals surface area contributed by atoms with Crippen molar-refractivity contribution in [1.82, 2.24) is 10.3 Å². The van der Waals surface area contributed by atoms with Crippen molar-refractivity contribution in [3.8, 4) is 0 Å². The van der Waals surface area contributed by atoms with E-state index in [-0.39, 0.29) is 17.8 Å². The van der Waals surface area contributed by atoms with Crippen LogP contribution in [0.3, 0.4) is 0 Å². The highest BCUT2D eigenvalue weighted by Gasteiger charge is 2.20. The molecule has 0 radical (unpaired) electrons. The molecular formula is C14H20N4O2. The second-order valence-corrected chi connectivity index (χ2v) is 5.35. The third-order valence-corrected chi connectivity index (χ3v) is 3.75. The topological polar surface area (TPSA) is 101 Å². The van der Waals surface area contributed by atoms with Gasteiger partial charge in [0.15, 0.2) is 5.84 Å². The minimum Gasteiger partial charge on any atom is -0.409 e. The number of pyridine rings is 1. The van der Waals surface area contributed by atoms with E-state index >= 15 is 0 Å². The maximum Gasteiger partial charge on any atom is 0.270 e. The summed E-state index contributed by atoms with van der Waals surface area (Å²) in [6.45, 7) is 2.24. The number of nitrogens with zero attached hydrogens (tertiary/aromatic N) is 2. The number of nitrogens with one attached hydrogen (secondary N) is 1. The minimum atomic E-state index is -0.171. The zero-order valence-electron chi connectivity index (χ0n) is 11.5. The fourth-order valence-electron chi connectivity index (χ4n) is 2.40. The van der Waals surface area contributed by atoms with Crippen molar-refractivity contribution in [1.29, 1.82) is 0 Å². The highest BCUT2D eigenvalue weighted by molar-refractivity contribution is 5.98. The molecule has 0 atom stereocenters. The van der Waals surface area contributed by atoms with Crippen LogP contribution in [-0.2, 0) is 0 Å². The Bertz CT molecular complexity index is 490. The smallest absolute Gasteiger partial charge is 0.270 e. The second kappa shape index (κ2) is 6.36. The first kappa shape index (κ1) is 14.3. The largest absolute Gasteiger partial charge is 0.409 e.